The molecule has 0 saturated carbocycles. The van der Waals surface area contributed by atoms with Gasteiger partial charge in [-0.2, -0.15) is 0 Å². The van der Waals surface area contributed by atoms with Crippen LogP contribution >= 0.6 is 0 Å². The minimum absolute atomic E-state index is 0.893. The van der Waals surface area contributed by atoms with Crippen molar-refractivity contribution in [2.45, 2.75) is 26.2 Å². The molecule has 2 N–H and O–H groups in total. The number of nitrogens with one attached hydrogen (secondary N) is 2. The molecule has 4 nitrogen and oxygen atoms in total. The summed E-state index contributed by atoms with van der Waals surface area (Å²) in [7, 11) is 0. The van der Waals surface area contributed by atoms with Gasteiger partial charge >= 0.3 is 0 Å². The van der Waals surface area contributed by atoms with Crippen LogP contribution in [0, 0.1) is 0 Å². The van der Waals surface area contributed by atoms with E-state index in [9.17, 15) is 0 Å². The first kappa shape index (κ1) is 12.0. The monoisotopic (exact) mass is 232 g/mol. The zero-order valence-electron chi connectivity index (χ0n) is 10.4. The maximum absolute atomic E-state index is 4.25. The number of aryl methyl sites for hydroxylation is 1. The average molecular weight is 232 g/mol. The van der Waals surface area contributed by atoms with E-state index in [1.807, 2.05) is 6.07 Å². The summed E-state index contributed by atoms with van der Waals surface area (Å²) in [5, 5.41) is 6.67. The van der Waals surface area contributed by atoms with Gasteiger partial charge in [-0.05, 0) is 19.4 Å². The standard InChI is InChI=1S/C13H20N4/c1-2-3-12-8-13(17-10-16-12)15-9-11-4-6-14-7-5-11/h4,8,10,14H,2-3,5-7,9H2,1H3,(H,15,16,17). The Morgan fingerprint density at radius 3 is 3.12 bits per heavy atom. The number of hydrogen-bond acceptors (Lipinski definition) is 4. The molecule has 0 amide bonds. The van der Waals surface area contributed by atoms with E-state index in [1.54, 1.807) is 6.33 Å². The van der Waals surface area contributed by atoms with Crippen LogP contribution in [0.15, 0.2) is 24.0 Å². The molecule has 0 aromatic carbocycles. The number of rotatable bonds is 5. The smallest absolute Gasteiger partial charge is 0.129 e. The summed E-state index contributed by atoms with van der Waals surface area (Å²) in [5.74, 6) is 0.933. The lowest BCUT2D eigenvalue weighted by Crippen LogP contribution is -2.23. The Morgan fingerprint density at radius 2 is 2.35 bits per heavy atom. The molecule has 0 aliphatic carbocycles. The summed E-state index contributed by atoms with van der Waals surface area (Å²) in [6, 6.07) is 2.05. The molecular formula is C13H20N4. The average Bonchev–Trinajstić information content (AvgIpc) is 2.39. The Hall–Kier alpha value is -1.42. The molecule has 17 heavy (non-hydrogen) atoms. The topological polar surface area (TPSA) is 49.8 Å². The lowest BCUT2D eigenvalue weighted by atomic mass is 10.1. The highest BCUT2D eigenvalue weighted by Crippen LogP contribution is 2.09. The van der Waals surface area contributed by atoms with Gasteiger partial charge in [0.2, 0.25) is 0 Å². The highest BCUT2D eigenvalue weighted by molar-refractivity contribution is 5.36. The molecule has 1 aliphatic rings. The Labute approximate surface area is 103 Å². The van der Waals surface area contributed by atoms with Crippen molar-refractivity contribution < 1.29 is 0 Å². The predicted molar refractivity (Wildman–Crippen MR) is 70.1 cm³/mol. The first-order chi connectivity index (χ1) is 8.38. The van der Waals surface area contributed by atoms with E-state index in [-0.39, 0.29) is 0 Å². The Kier molecular flexibility index (Phi) is 4.50. The molecule has 2 heterocycles. The van der Waals surface area contributed by atoms with Gasteiger partial charge in [-0.25, -0.2) is 9.97 Å². The van der Waals surface area contributed by atoms with Crippen molar-refractivity contribution in [1.29, 1.82) is 0 Å². The Balaban J connectivity index is 1.89. The fourth-order valence-corrected chi connectivity index (χ4v) is 1.92. The Morgan fingerprint density at radius 1 is 1.41 bits per heavy atom. The van der Waals surface area contributed by atoms with E-state index in [4.69, 9.17) is 0 Å². The van der Waals surface area contributed by atoms with Crippen LogP contribution in [0.5, 0.6) is 0 Å². The Bertz CT molecular complexity index is 387. The van der Waals surface area contributed by atoms with Gasteiger partial charge in [-0.15, -0.1) is 0 Å². The second-order valence-electron chi connectivity index (χ2n) is 4.31. The van der Waals surface area contributed by atoms with Crippen LogP contribution in [0.3, 0.4) is 0 Å². The largest absolute Gasteiger partial charge is 0.366 e. The van der Waals surface area contributed by atoms with Gasteiger partial charge in [0.15, 0.2) is 0 Å². The highest BCUT2D eigenvalue weighted by atomic mass is 15.0. The molecule has 0 radical (unpaired) electrons. The third-order valence-corrected chi connectivity index (χ3v) is 2.88. The lowest BCUT2D eigenvalue weighted by Gasteiger charge is -2.14. The molecule has 0 fully saturated rings. The molecule has 1 aromatic heterocycles. The van der Waals surface area contributed by atoms with Crippen LogP contribution < -0.4 is 10.6 Å². The summed E-state index contributed by atoms with van der Waals surface area (Å²) in [5.41, 5.74) is 2.57. The van der Waals surface area contributed by atoms with Gasteiger partial charge < -0.3 is 10.6 Å². The third kappa shape index (κ3) is 3.82. The molecule has 1 aromatic rings. The van der Waals surface area contributed by atoms with Crippen LogP contribution in [0.4, 0.5) is 5.82 Å². The van der Waals surface area contributed by atoms with Gasteiger partial charge in [0.25, 0.3) is 0 Å². The summed E-state index contributed by atoms with van der Waals surface area (Å²) >= 11 is 0. The second kappa shape index (κ2) is 6.35. The molecule has 0 saturated heterocycles. The van der Waals surface area contributed by atoms with Crippen LogP contribution in [0.2, 0.25) is 0 Å². The van der Waals surface area contributed by atoms with Crippen LogP contribution in [-0.4, -0.2) is 29.6 Å². The molecule has 0 unspecified atom stereocenters. The third-order valence-electron chi connectivity index (χ3n) is 2.88. The zero-order chi connectivity index (χ0) is 11.9. The first-order valence-corrected chi connectivity index (χ1v) is 6.32. The fourth-order valence-electron chi connectivity index (χ4n) is 1.92. The highest BCUT2D eigenvalue weighted by Gasteiger charge is 2.03. The zero-order valence-corrected chi connectivity index (χ0v) is 10.4. The van der Waals surface area contributed by atoms with Gasteiger partial charge in [-0.1, -0.05) is 25.0 Å². The quantitative estimate of drug-likeness (QED) is 0.760. The number of aromatic nitrogens is 2. The molecule has 2 rings (SSSR count). The van der Waals surface area contributed by atoms with E-state index in [0.717, 1.165) is 50.4 Å². The van der Waals surface area contributed by atoms with Crippen molar-refractivity contribution in [2.75, 3.05) is 25.0 Å². The van der Waals surface area contributed by atoms with Crippen molar-refractivity contribution in [1.82, 2.24) is 15.3 Å². The van der Waals surface area contributed by atoms with Crippen LogP contribution in [0.25, 0.3) is 0 Å². The summed E-state index contributed by atoms with van der Waals surface area (Å²) in [6.07, 6.45) is 7.16. The van der Waals surface area contributed by atoms with E-state index in [2.05, 4.69) is 33.6 Å². The minimum atomic E-state index is 0.893. The van der Waals surface area contributed by atoms with Gasteiger partial charge in [-0.3, -0.25) is 0 Å². The second-order valence-corrected chi connectivity index (χ2v) is 4.31. The van der Waals surface area contributed by atoms with E-state index >= 15 is 0 Å². The lowest BCUT2D eigenvalue weighted by molar-refractivity contribution is 0.697. The minimum Gasteiger partial charge on any atom is -0.366 e. The number of hydrogen-bond donors (Lipinski definition) is 2. The van der Waals surface area contributed by atoms with Crippen LogP contribution in [-0.2, 0) is 6.42 Å². The maximum atomic E-state index is 4.25. The number of anilines is 1. The maximum Gasteiger partial charge on any atom is 0.129 e. The number of nitrogens with zero attached hydrogens (tertiary/aromatic N) is 2. The van der Waals surface area contributed by atoms with E-state index in [1.165, 1.54) is 5.57 Å². The first-order valence-electron chi connectivity index (χ1n) is 6.32. The van der Waals surface area contributed by atoms with Gasteiger partial charge in [0.1, 0.15) is 12.1 Å². The normalized spacial score (nSPS) is 15.5. The summed E-state index contributed by atoms with van der Waals surface area (Å²) in [4.78, 5) is 8.49. The SMILES string of the molecule is CCCc1cc(NCC2=CCNCC2)ncn1. The molecular weight excluding hydrogens is 212 g/mol. The molecule has 0 atom stereocenters. The molecule has 1 aliphatic heterocycles. The summed E-state index contributed by atoms with van der Waals surface area (Å²) < 4.78 is 0. The van der Waals surface area contributed by atoms with Crippen LogP contribution in [0.1, 0.15) is 25.5 Å². The van der Waals surface area contributed by atoms with Gasteiger partial charge in [0, 0.05) is 24.8 Å². The predicted octanol–water partition coefficient (Wildman–Crippen LogP) is 1.76. The van der Waals surface area contributed by atoms with Crippen molar-refractivity contribution in [3.05, 3.63) is 29.7 Å². The molecule has 4 heteroatoms. The van der Waals surface area contributed by atoms with Crippen molar-refractivity contribution >= 4 is 5.82 Å². The molecule has 0 bridgehead atoms. The van der Waals surface area contributed by atoms with Crippen molar-refractivity contribution in [3.8, 4) is 0 Å². The molecule has 0 spiro atoms. The molecule has 92 valence electrons. The summed E-state index contributed by atoms with van der Waals surface area (Å²) in [6.45, 7) is 5.12. The van der Waals surface area contributed by atoms with Crippen molar-refractivity contribution in [3.63, 3.8) is 0 Å². The van der Waals surface area contributed by atoms with Gasteiger partial charge in [0.05, 0.1) is 0 Å². The van der Waals surface area contributed by atoms with Crippen molar-refractivity contribution in [2.24, 2.45) is 0 Å². The van der Waals surface area contributed by atoms with E-state index in [0.29, 0.717) is 0 Å². The van der Waals surface area contributed by atoms with E-state index < -0.39 is 0 Å². The fraction of sp³-hybridized carbons (Fsp3) is 0.538.